The summed E-state index contributed by atoms with van der Waals surface area (Å²) < 4.78 is 11.8. The van der Waals surface area contributed by atoms with Crippen LogP contribution in [0.2, 0.25) is 0 Å². The summed E-state index contributed by atoms with van der Waals surface area (Å²) in [5.41, 5.74) is 5.56. The first-order valence-electron chi connectivity index (χ1n) is 12.6. The summed E-state index contributed by atoms with van der Waals surface area (Å²) in [5, 5.41) is 2.38. The van der Waals surface area contributed by atoms with E-state index >= 15 is 0 Å². The van der Waals surface area contributed by atoms with Crippen LogP contribution < -0.4 is 21.0 Å². The van der Waals surface area contributed by atoms with Crippen molar-refractivity contribution in [3.05, 3.63) is 52.6 Å². The Labute approximate surface area is 213 Å². The van der Waals surface area contributed by atoms with Gasteiger partial charge in [0.25, 0.3) is 5.91 Å². The first-order chi connectivity index (χ1) is 17.3. The fourth-order valence-electron chi connectivity index (χ4n) is 5.59. The summed E-state index contributed by atoms with van der Waals surface area (Å²) in [6.45, 7) is 4.77. The van der Waals surface area contributed by atoms with Crippen molar-refractivity contribution in [2.75, 3.05) is 26.3 Å². The number of imide groups is 1. The second-order valence-corrected chi connectivity index (χ2v) is 9.98. The van der Waals surface area contributed by atoms with E-state index in [1.165, 1.54) is 5.56 Å². The molecule has 3 amide bonds. The lowest BCUT2D eigenvalue weighted by Crippen LogP contribution is -2.53. The van der Waals surface area contributed by atoms with Gasteiger partial charge in [-0.3, -0.25) is 24.6 Å². The molecule has 0 bridgehead atoms. The monoisotopic (exact) mass is 485 g/mol. The largest absolute Gasteiger partial charge is 0.489 e. The third kappa shape index (κ3) is 4.69. The van der Waals surface area contributed by atoms with Crippen LogP contribution in [0.15, 0.2) is 30.3 Å². The summed E-state index contributed by atoms with van der Waals surface area (Å²) in [6, 6.07) is 9.75. The number of amides is 3. The summed E-state index contributed by atoms with van der Waals surface area (Å²) in [7, 11) is 5.83. The van der Waals surface area contributed by atoms with Gasteiger partial charge in [-0.05, 0) is 23.0 Å². The third-order valence-electron chi connectivity index (χ3n) is 7.44. The van der Waals surface area contributed by atoms with Crippen LogP contribution >= 0.6 is 0 Å². The van der Waals surface area contributed by atoms with Gasteiger partial charge in [0.1, 0.15) is 41.9 Å². The maximum atomic E-state index is 13.5. The number of nitrogens with zero attached hydrogens (tertiary/aromatic N) is 2. The van der Waals surface area contributed by atoms with E-state index in [0.717, 1.165) is 54.9 Å². The molecule has 0 aromatic heterocycles. The zero-order valence-corrected chi connectivity index (χ0v) is 21.1. The fraction of sp³-hybridized carbons (Fsp3) is 0.400. The molecule has 1 N–H and O–H groups in total. The smallest absolute Gasteiger partial charge is 0.254 e. The van der Waals surface area contributed by atoms with Gasteiger partial charge in [-0.2, -0.15) is 0 Å². The molecule has 36 heavy (non-hydrogen) atoms. The van der Waals surface area contributed by atoms with Crippen LogP contribution in [-0.4, -0.2) is 83.4 Å². The predicted octanol–water partition coefficient (Wildman–Crippen LogP) is -2.49. The highest BCUT2D eigenvalue weighted by Gasteiger charge is 2.45. The molecule has 0 spiro atoms. The van der Waals surface area contributed by atoms with Gasteiger partial charge in [-0.1, -0.05) is 35.8 Å². The van der Waals surface area contributed by atoms with Crippen molar-refractivity contribution in [1.82, 2.24) is 15.1 Å². The Morgan fingerprint density at radius 2 is 1.72 bits per heavy atom. The van der Waals surface area contributed by atoms with Crippen molar-refractivity contribution in [3.63, 3.8) is 0 Å². The highest BCUT2D eigenvalue weighted by molar-refractivity contribution is 6.43. The maximum absolute atomic E-state index is 13.5. The van der Waals surface area contributed by atoms with Crippen LogP contribution in [0.25, 0.3) is 0 Å². The molecule has 3 aliphatic rings. The molecule has 2 aromatic carbocycles. The quantitative estimate of drug-likeness (QED) is 0.360. The molecule has 5 rings (SSSR count). The second-order valence-electron chi connectivity index (χ2n) is 9.98. The first kappa shape index (κ1) is 24.7. The Morgan fingerprint density at radius 1 is 1.03 bits per heavy atom. The predicted molar refractivity (Wildman–Crippen MR) is 143 cm³/mol. The minimum atomic E-state index is -0.663. The number of carbonyl (C=O) groups is 3. The van der Waals surface area contributed by atoms with Crippen LogP contribution in [-0.2, 0) is 27.5 Å². The molecule has 8 nitrogen and oxygen atoms in total. The Balaban J connectivity index is 1.34. The minimum Gasteiger partial charge on any atom is -0.489 e. The molecule has 184 valence electrons. The molecule has 0 aliphatic carbocycles. The number of hydrogen-bond acceptors (Lipinski definition) is 6. The first-order valence-corrected chi connectivity index (χ1v) is 12.6. The summed E-state index contributed by atoms with van der Waals surface area (Å²) in [5.74, 6) is -0.514. The van der Waals surface area contributed by atoms with E-state index < -0.39 is 11.9 Å². The molecule has 2 unspecified atom stereocenters. The van der Waals surface area contributed by atoms with E-state index in [1.807, 2.05) is 29.6 Å². The molecule has 2 aromatic rings. The number of carbonyl (C=O) groups excluding carboxylic acids is 3. The van der Waals surface area contributed by atoms with Gasteiger partial charge in [0.2, 0.25) is 11.8 Å². The minimum absolute atomic E-state index is 0.179. The Hall–Kier alpha value is -3.04. The van der Waals surface area contributed by atoms with Gasteiger partial charge in [-0.15, -0.1) is 0 Å². The van der Waals surface area contributed by atoms with E-state index in [9.17, 15) is 14.4 Å². The summed E-state index contributed by atoms with van der Waals surface area (Å²) in [6.07, 6.45) is 0.561. The van der Waals surface area contributed by atoms with Gasteiger partial charge < -0.3 is 14.4 Å². The van der Waals surface area contributed by atoms with Crippen molar-refractivity contribution in [1.29, 1.82) is 0 Å². The Bertz CT molecular complexity index is 1200. The highest BCUT2D eigenvalue weighted by Crippen LogP contribution is 2.38. The van der Waals surface area contributed by atoms with Crippen molar-refractivity contribution in [2.24, 2.45) is 0 Å². The molecule has 0 saturated carbocycles. The second kappa shape index (κ2) is 10.1. The number of ether oxygens (including phenoxy) is 2. The average molecular weight is 485 g/mol. The number of piperidine rings is 1. The molecule has 3 heterocycles. The van der Waals surface area contributed by atoms with E-state index in [-0.39, 0.29) is 24.2 Å². The number of benzene rings is 2. The number of rotatable bonds is 6. The molecule has 0 radical (unpaired) electrons. The molecule has 2 atom stereocenters. The van der Waals surface area contributed by atoms with Crippen LogP contribution in [0.1, 0.15) is 45.8 Å². The number of hydrogen-bond donors (Lipinski definition) is 1. The normalized spacial score (nSPS) is 22.4. The number of fused-ring (bicyclic) bond motifs is 1. The third-order valence-corrected chi connectivity index (χ3v) is 7.44. The van der Waals surface area contributed by atoms with Crippen molar-refractivity contribution in [2.45, 2.75) is 38.0 Å². The van der Waals surface area contributed by atoms with Crippen LogP contribution in [0.4, 0.5) is 0 Å². The van der Waals surface area contributed by atoms with Crippen molar-refractivity contribution < 1.29 is 23.9 Å². The number of morpholine rings is 1. The Kier molecular flexibility index (Phi) is 6.95. The maximum Gasteiger partial charge on any atom is 0.254 e. The molecular weight excluding hydrogens is 455 g/mol. The lowest BCUT2D eigenvalue weighted by Gasteiger charge is -2.33. The van der Waals surface area contributed by atoms with Crippen molar-refractivity contribution >= 4 is 52.2 Å². The van der Waals surface area contributed by atoms with E-state index in [2.05, 4.69) is 34.5 Å². The fourth-order valence-corrected chi connectivity index (χ4v) is 5.59. The molecular formula is C25H30B3N3O5. The number of nitrogens with one attached hydrogen (secondary N) is 1. The van der Waals surface area contributed by atoms with Gasteiger partial charge in [0, 0.05) is 43.1 Å². The lowest BCUT2D eigenvalue weighted by atomic mass is 9.77. The van der Waals surface area contributed by atoms with Crippen LogP contribution in [0, 0.1) is 0 Å². The zero-order chi connectivity index (χ0) is 25.4. The molecule has 3 aliphatic heterocycles. The van der Waals surface area contributed by atoms with Gasteiger partial charge in [0.15, 0.2) is 0 Å². The molecule has 2 fully saturated rings. The SMILES string of the molecule is Bc1cc(B)c2c(c1OCc1ccc(CN3CCOCC3)cc1)C(B)N(C1CCC(=O)NC1=O)C2=O. The topological polar surface area (TPSA) is 88.2 Å². The standard InChI is InChI=1S/C25H30B3N3O5/c26-16-11-17(27)22(36-13-15-3-1-14(2-4-15)12-30-7-9-35-10-8-30)21-20(16)25(34)31(23(21)28)18-5-6-19(32)29-24(18)33/h1-4,11,18,23H,5-10,12-13,26-28H2,(H,29,32,33). The van der Waals surface area contributed by atoms with Crippen LogP contribution in [0.5, 0.6) is 5.75 Å². The van der Waals surface area contributed by atoms with Crippen LogP contribution in [0.3, 0.4) is 0 Å². The zero-order valence-electron chi connectivity index (χ0n) is 21.1. The Morgan fingerprint density at radius 3 is 2.42 bits per heavy atom. The molecule has 2 saturated heterocycles. The van der Waals surface area contributed by atoms with Gasteiger partial charge >= 0.3 is 0 Å². The van der Waals surface area contributed by atoms with Gasteiger partial charge in [0.05, 0.1) is 13.2 Å². The van der Waals surface area contributed by atoms with E-state index in [0.29, 0.717) is 24.3 Å². The van der Waals surface area contributed by atoms with Gasteiger partial charge in [-0.25, -0.2) is 0 Å². The van der Waals surface area contributed by atoms with E-state index in [4.69, 9.17) is 9.47 Å². The summed E-state index contributed by atoms with van der Waals surface area (Å²) in [4.78, 5) is 41.7. The summed E-state index contributed by atoms with van der Waals surface area (Å²) >= 11 is 0. The molecule has 11 heteroatoms. The average Bonchev–Trinajstić information content (AvgIpc) is 3.11. The van der Waals surface area contributed by atoms with E-state index in [1.54, 1.807) is 4.90 Å². The lowest BCUT2D eigenvalue weighted by molar-refractivity contribution is -0.137. The highest BCUT2D eigenvalue weighted by atomic mass is 16.5. The van der Waals surface area contributed by atoms with Crippen molar-refractivity contribution in [3.8, 4) is 5.75 Å².